The minimum Gasteiger partial charge on any atom is -0.303 e. The molecule has 0 saturated carbocycles. The van der Waals surface area contributed by atoms with Crippen LogP contribution in [-0.2, 0) is 17.4 Å². The van der Waals surface area contributed by atoms with Crippen LogP contribution in [0.5, 0.6) is 0 Å². The third-order valence-electron chi connectivity index (χ3n) is 4.03. The Morgan fingerprint density at radius 3 is 1.15 bits per heavy atom. The van der Waals surface area contributed by atoms with Crippen molar-refractivity contribution in [1.82, 2.24) is 0 Å². The molecule has 0 spiro atoms. The molecular formula is C19H17F3O2S2. The summed E-state index contributed by atoms with van der Waals surface area (Å²) >= 11 is 0. The molecule has 3 rings (SSSR count). The summed E-state index contributed by atoms with van der Waals surface area (Å²) in [6, 6.07) is 23.5. The highest BCUT2D eigenvalue weighted by Crippen LogP contribution is 2.45. The van der Waals surface area contributed by atoms with Gasteiger partial charge in [0.05, 0.1) is 0 Å². The molecule has 7 heteroatoms. The number of benzene rings is 3. The van der Waals surface area contributed by atoms with Crippen LogP contribution >= 0.6 is 0 Å². The minimum absolute atomic E-state index is 0.210. The molecule has 0 radical (unpaired) electrons. The van der Waals surface area contributed by atoms with Gasteiger partial charge in [-0.25, -0.2) is 4.21 Å². The molecule has 1 N–H and O–H groups in total. The van der Waals surface area contributed by atoms with E-state index in [0.717, 1.165) is 0 Å². The molecule has 0 aromatic heterocycles. The Hall–Kier alpha value is -2.09. The van der Waals surface area contributed by atoms with E-state index in [1.807, 2.05) is 0 Å². The van der Waals surface area contributed by atoms with E-state index in [1.54, 1.807) is 54.6 Å². The second kappa shape index (κ2) is 6.90. The van der Waals surface area contributed by atoms with E-state index in [-0.39, 0.29) is 14.7 Å². The fourth-order valence-electron chi connectivity index (χ4n) is 2.94. The monoisotopic (exact) mass is 398 g/mol. The van der Waals surface area contributed by atoms with Crippen molar-refractivity contribution in [2.45, 2.75) is 20.2 Å². The zero-order valence-electron chi connectivity index (χ0n) is 13.5. The van der Waals surface area contributed by atoms with Gasteiger partial charge in [-0.15, -0.1) is 8.59 Å². The maximum absolute atomic E-state index is 13.9. The molecule has 0 fully saturated rings. The molecule has 3 aromatic carbocycles. The van der Waals surface area contributed by atoms with E-state index in [0.29, 0.717) is 0 Å². The molecule has 0 saturated heterocycles. The van der Waals surface area contributed by atoms with Gasteiger partial charge in [0.15, 0.2) is 8.77 Å². The van der Waals surface area contributed by atoms with Gasteiger partial charge in [-0.1, -0.05) is 54.6 Å². The summed E-state index contributed by atoms with van der Waals surface area (Å²) in [5.74, 6) is 0. The summed E-state index contributed by atoms with van der Waals surface area (Å²) in [7, 11) is -9.22. The molecular weight excluding hydrogens is 381 g/mol. The van der Waals surface area contributed by atoms with Crippen molar-refractivity contribution < 1.29 is 21.9 Å². The molecule has 138 valence electrons. The summed E-state index contributed by atoms with van der Waals surface area (Å²) in [4.78, 5) is 0.631. The standard InChI is InChI=1S/C19H17F3O2S2/c20-19(21,22)26(23,24)25(16-10-4-1-5-11-16,17-12-6-2-7-13-17)18-14-8-3-9-15-18/h1-15,25H,(H,23,24). The highest BCUT2D eigenvalue weighted by atomic mass is 32.9. The van der Waals surface area contributed by atoms with Crippen LogP contribution < -0.4 is 0 Å². The van der Waals surface area contributed by atoms with Crippen LogP contribution in [0.2, 0.25) is 0 Å². The zero-order chi connectivity index (χ0) is 18.8. The van der Waals surface area contributed by atoms with Crippen molar-refractivity contribution in [3.05, 3.63) is 91.0 Å². The fraction of sp³-hybridized carbons (Fsp3) is 0.0526. The first kappa shape index (κ1) is 18.7. The smallest absolute Gasteiger partial charge is 0.303 e. The lowest BCUT2D eigenvalue weighted by Gasteiger charge is -2.35. The first-order valence-corrected chi connectivity index (χ1v) is 11.6. The molecule has 0 aliphatic heterocycles. The van der Waals surface area contributed by atoms with Gasteiger partial charge in [0.2, 0.25) is 0 Å². The van der Waals surface area contributed by atoms with Crippen LogP contribution in [-0.4, -0.2) is 14.3 Å². The predicted molar refractivity (Wildman–Crippen MR) is 99.7 cm³/mol. The largest absolute Gasteiger partial charge is 0.491 e. The maximum Gasteiger partial charge on any atom is 0.491 e. The summed E-state index contributed by atoms with van der Waals surface area (Å²) < 4.78 is 65.3. The van der Waals surface area contributed by atoms with Crippen LogP contribution in [0.3, 0.4) is 0 Å². The van der Waals surface area contributed by atoms with Crippen molar-refractivity contribution in [3.8, 4) is 0 Å². The fourth-order valence-corrected chi connectivity index (χ4v) is 11.4. The van der Waals surface area contributed by atoms with Gasteiger partial charge >= 0.3 is 5.51 Å². The maximum atomic E-state index is 13.9. The second-order valence-corrected chi connectivity index (χ2v) is 12.9. The molecule has 2 nitrogen and oxygen atoms in total. The number of rotatable bonds is 3. The summed E-state index contributed by atoms with van der Waals surface area (Å²) in [5, 5.41) is 0. The molecule has 0 aliphatic rings. The van der Waals surface area contributed by atoms with Gasteiger partial charge in [0.1, 0.15) is 0 Å². The number of alkyl halides is 3. The van der Waals surface area contributed by atoms with E-state index in [9.17, 15) is 21.9 Å². The predicted octanol–water partition coefficient (Wildman–Crippen LogP) is 5.24. The average molecular weight is 398 g/mol. The Labute approximate surface area is 150 Å². The number of thiol groups is 1. The highest BCUT2D eigenvalue weighted by molar-refractivity contribution is 8.54. The molecule has 26 heavy (non-hydrogen) atoms. The van der Waals surface area contributed by atoms with Crippen LogP contribution in [0.4, 0.5) is 13.2 Å². The van der Waals surface area contributed by atoms with Crippen molar-refractivity contribution in [3.63, 3.8) is 0 Å². The van der Waals surface area contributed by atoms with E-state index in [1.165, 1.54) is 36.4 Å². The molecule has 1 unspecified atom stereocenters. The van der Waals surface area contributed by atoms with Crippen molar-refractivity contribution in [1.29, 1.82) is 0 Å². The van der Waals surface area contributed by atoms with Crippen molar-refractivity contribution >= 4 is 17.4 Å². The van der Waals surface area contributed by atoms with Crippen LogP contribution in [0.15, 0.2) is 106 Å². The van der Waals surface area contributed by atoms with Crippen LogP contribution in [0.25, 0.3) is 0 Å². The van der Waals surface area contributed by atoms with Gasteiger partial charge in [-0.3, -0.25) is 0 Å². The van der Waals surface area contributed by atoms with E-state index in [2.05, 4.69) is 0 Å². The Morgan fingerprint density at radius 2 is 0.923 bits per heavy atom. The molecule has 0 aliphatic carbocycles. The Balaban J connectivity index is 2.68. The summed E-state index contributed by atoms with van der Waals surface area (Å²) in [5.41, 5.74) is -5.28. The molecule has 0 amide bonds. The summed E-state index contributed by atoms with van der Waals surface area (Å²) in [6.07, 6.45) is 0. The van der Waals surface area contributed by atoms with Gasteiger partial charge in [-0.05, 0) is 36.4 Å². The van der Waals surface area contributed by atoms with Gasteiger partial charge < -0.3 is 4.55 Å². The van der Waals surface area contributed by atoms with Crippen LogP contribution in [0, 0.1) is 0 Å². The lowest BCUT2D eigenvalue weighted by Crippen LogP contribution is -2.34. The first-order valence-electron chi connectivity index (χ1n) is 7.71. The third kappa shape index (κ3) is 2.86. The Morgan fingerprint density at radius 1 is 0.654 bits per heavy atom. The van der Waals surface area contributed by atoms with Gasteiger partial charge in [0, 0.05) is 14.7 Å². The number of hydrogen-bond donors (Lipinski definition) is 2. The second-order valence-electron chi connectivity index (χ2n) is 5.56. The molecule has 1 atom stereocenters. The highest BCUT2D eigenvalue weighted by Gasteiger charge is 2.48. The third-order valence-corrected chi connectivity index (χ3v) is 13.2. The zero-order valence-corrected chi connectivity index (χ0v) is 15.2. The number of hydrogen-bond acceptors (Lipinski definition) is 1. The Kier molecular flexibility index (Phi) is 4.96. The first-order chi connectivity index (χ1) is 12.3. The van der Waals surface area contributed by atoms with Gasteiger partial charge in [0.25, 0.3) is 0 Å². The summed E-state index contributed by atoms with van der Waals surface area (Å²) in [6.45, 7) is 0. The molecule has 0 heterocycles. The SMILES string of the molecule is O=S(O)(C(F)(F)F)=[SH](c1ccccc1)(c1ccccc1)c1ccccc1. The molecule has 3 aromatic rings. The van der Waals surface area contributed by atoms with E-state index < -0.39 is 22.9 Å². The van der Waals surface area contributed by atoms with Gasteiger partial charge in [-0.2, -0.15) is 13.2 Å². The lowest BCUT2D eigenvalue weighted by atomic mass is 10.4. The molecule has 0 bridgehead atoms. The number of halogens is 3. The van der Waals surface area contributed by atoms with E-state index >= 15 is 0 Å². The van der Waals surface area contributed by atoms with Crippen LogP contribution in [0.1, 0.15) is 0 Å². The minimum atomic E-state index is -5.30. The average Bonchev–Trinajstić information content (AvgIpc) is 2.64. The normalized spacial score (nSPS) is 15.2. The van der Waals surface area contributed by atoms with Crippen molar-refractivity contribution in [2.75, 3.05) is 0 Å². The lowest BCUT2D eigenvalue weighted by molar-refractivity contribution is -0.0453. The topological polar surface area (TPSA) is 37.3 Å². The van der Waals surface area contributed by atoms with Crippen molar-refractivity contribution in [2.24, 2.45) is 0 Å². The van der Waals surface area contributed by atoms with E-state index in [4.69, 9.17) is 0 Å². The quantitative estimate of drug-likeness (QED) is 0.592. The Bertz CT molecular complexity index is 921.